The molecule has 0 saturated heterocycles. The lowest BCUT2D eigenvalue weighted by Crippen LogP contribution is -2.26. The van der Waals surface area contributed by atoms with Gasteiger partial charge < -0.3 is 14.2 Å². The highest BCUT2D eigenvalue weighted by atomic mass is 16.6. The van der Waals surface area contributed by atoms with Crippen LogP contribution in [-0.4, -0.2) is 29.4 Å². The molecule has 0 saturated carbocycles. The highest BCUT2D eigenvalue weighted by Crippen LogP contribution is 2.35. The molecule has 0 bridgehead atoms. The maximum atomic E-state index is 12.5. The summed E-state index contributed by atoms with van der Waals surface area (Å²) in [6.07, 6.45) is 0.707. The molecule has 2 aromatic carbocycles. The second kappa shape index (κ2) is 7.91. The molecule has 0 aromatic heterocycles. The smallest absolute Gasteiger partial charge is 0.347 e. The number of hydrogen-bond donors (Lipinski definition) is 0. The Morgan fingerprint density at radius 2 is 1.96 bits per heavy atom. The molecule has 1 heterocycles. The van der Waals surface area contributed by atoms with E-state index in [2.05, 4.69) is 0 Å². The Balaban J connectivity index is 1.77. The van der Waals surface area contributed by atoms with Crippen molar-refractivity contribution in [3.8, 4) is 11.5 Å². The van der Waals surface area contributed by atoms with E-state index < -0.39 is 17.0 Å². The van der Waals surface area contributed by atoms with Crippen LogP contribution >= 0.6 is 0 Å². The van der Waals surface area contributed by atoms with Gasteiger partial charge in [0.15, 0.2) is 11.9 Å². The number of nitrogens with zero attached hydrogens (tertiary/aromatic N) is 1. The number of carbonyl (C=O) groups is 2. The van der Waals surface area contributed by atoms with Gasteiger partial charge in [0.2, 0.25) is 5.78 Å². The quantitative estimate of drug-likeness (QED) is 0.325. The van der Waals surface area contributed by atoms with Crippen LogP contribution < -0.4 is 9.47 Å². The largest absolute Gasteiger partial charge is 0.479 e. The lowest BCUT2D eigenvalue weighted by molar-refractivity contribution is -0.384. The van der Waals surface area contributed by atoms with Crippen molar-refractivity contribution in [1.29, 1.82) is 0 Å². The first-order chi connectivity index (χ1) is 13.4. The predicted octanol–water partition coefficient (Wildman–Crippen LogP) is 3.54. The third-order valence-corrected chi connectivity index (χ3v) is 3.97. The molecule has 1 aliphatic rings. The van der Waals surface area contributed by atoms with E-state index in [0.717, 1.165) is 0 Å². The van der Waals surface area contributed by atoms with E-state index in [1.807, 2.05) is 0 Å². The van der Waals surface area contributed by atoms with Crippen LogP contribution in [-0.2, 0) is 9.53 Å². The zero-order valence-electron chi connectivity index (χ0n) is 15.2. The third kappa shape index (κ3) is 4.01. The lowest BCUT2D eigenvalue weighted by atomic mass is 10.1. The van der Waals surface area contributed by atoms with Crippen molar-refractivity contribution >= 4 is 23.5 Å². The summed E-state index contributed by atoms with van der Waals surface area (Å²) in [4.78, 5) is 34.4. The van der Waals surface area contributed by atoms with E-state index in [-0.39, 0.29) is 23.8 Å². The van der Waals surface area contributed by atoms with Crippen LogP contribution in [0.2, 0.25) is 0 Å². The molecule has 28 heavy (non-hydrogen) atoms. The minimum atomic E-state index is -0.801. The Morgan fingerprint density at radius 3 is 2.61 bits per heavy atom. The number of Topliss-reactive ketones (excluding diaryl/α,β-unsaturated/α-hetero) is 1. The SMILES string of the molecule is CCOC(=O)C(C)Oc1ccc2c(c1)OC(=Cc1ccc([N+](=O)[O-])cc1)C2=O. The fourth-order valence-electron chi connectivity index (χ4n) is 2.60. The number of non-ortho nitro benzene ring substituents is 1. The summed E-state index contributed by atoms with van der Waals surface area (Å²) in [6, 6.07) is 10.4. The van der Waals surface area contributed by atoms with Crippen LogP contribution in [0.1, 0.15) is 29.8 Å². The number of benzene rings is 2. The Labute approximate surface area is 160 Å². The lowest BCUT2D eigenvalue weighted by Gasteiger charge is -2.13. The van der Waals surface area contributed by atoms with E-state index in [4.69, 9.17) is 14.2 Å². The summed E-state index contributed by atoms with van der Waals surface area (Å²) in [5, 5.41) is 10.7. The maximum Gasteiger partial charge on any atom is 0.347 e. The summed E-state index contributed by atoms with van der Waals surface area (Å²) < 4.78 is 16.0. The second-order valence-electron chi connectivity index (χ2n) is 5.96. The van der Waals surface area contributed by atoms with Gasteiger partial charge in [-0.05, 0) is 49.8 Å². The van der Waals surface area contributed by atoms with Gasteiger partial charge in [-0.25, -0.2) is 4.79 Å². The van der Waals surface area contributed by atoms with Gasteiger partial charge in [-0.15, -0.1) is 0 Å². The van der Waals surface area contributed by atoms with Gasteiger partial charge >= 0.3 is 5.97 Å². The number of fused-ring (bicyclic) bond motifs is 1. The Hall–Kier alpha value is -3.68. The molecule has 1 atom stereocenters. The van der Waals surface area contributed by atoms with Crippen LogP contribution in [0.15, 0.2) is 48.2 Å². The van der Waals surface area contributed by atoms with Crippen LogP contribution in [0.3, 0.4) is 0 Å². The highest BCUT2D eigenvalue weighted by Gasteiger charge is 2.28. The van der Waals surface area contributed by atoms with Crippen molar-refractivity contribution in [2.75, 3.05) is 6.61 Å². The van der Waals surface area contributed by atoms with Crippen molar-refractivity contribution in [2.45, 2.75) is 20.0 Å². The van der Waals surface area contributed by atoms with Crippen LogP contribution in [0, 0.1) is 10.1 Å². The number of carbonyl (C=O) groups excluding carboxylic acids is 2. The fourth-order valence-corrected chi connectivity index (χ4v) is 2.60. The molecule has 144 valence electrons. The molecular weight excluding hydrogens is 366 g/mol. The molecule has 2 aromatic rings. The predicted molar refractivity (Wildman–Crippen MR) is 99.2 cm³/mol. The first-order valence-electron chi connectivity index (χ1n) is 8.55. The van der Waals surface area contributed by atoms with Crippen molar-refractivity contribution in [2.24, 2.45) is 0 Å². The van der Waals surface area contributed by atoms with Gasteiger partial charge in [0.05, 0.1) is 17.1 Å². The minimum absolute atomic E-state index is 0.0402. The van der Waals surface area contributed by atoms with Gasteiger partial charge in [0.25, 0.3) is 5.69 Å². The molecule has 3 rings (SSSR count). The number of allylic oxidation sites excluding steroid dienone is 1. The van der Waals surface area contributed by atoms with E-state index >= 15 is 0 Å². The number of esters is 1. The topological polar surface area (TPSA) is 105 Å². The van der Waals surface area contributed by atoms with E-state index in [1.165, 1.54) is 36.4 Å². The second-order valence-corrected chi connectivity index (χ2v) is 5.96. The summed E-state index contributed by atoms with van der Waals surface area (Å²) in [6.45, 7) is 3.53. The van der Waals surface area contributed by atoms with Gasteiger partial charge in [-0.1, -0.05) is 0 Å². The molecule has 0 radical (unpaired) electrons. The maximum absolute atomic E-state index is 12.5. The summed E-state index contributed by atoms with van der Waals surface area (Å²) >= 11 is 0. The average Bonchev–Trinajstić information content (AvgIpc) is 2.97. The molecule has 0 N–H and O–H groups in total. The molecule has 0 fully saturated rings. The van der Waals surface area contributed by atoms with Crippen molar-refractivity contribution in [1.82, 2.24) is 0 Å². The molecule has 0 spiro atoms. The molecule has 0 amide bonds. The minimum Gasteiger partial charge on any atom is -0.479 e. The number of hydrogen-bond acceptors (Lipinski definition) is 7. The molecule has 1 unspecified atom stereocenters. The molecular formula is C20H17NO7. The number of ether oxygens (including phenoxy) is 3. The number of rotatable bonds is 6. The van der Waals surface area contributed by atoms with Crippen molar-refractivity contribution < 1.29 is 28.7 Å². The first-order valence-corrected chi connectivity index (χ1v) is 8.55. The Morgan fingerprint density at radius 1 is 1.25 bits per heavy atom. The van der Waals surface area contributed by atoms with Crippen molar-refractivity contribution in [3.05, 3.63) is 69.5 Å². The summed E-state index contributed by atoms with van der Waals surface area (Å²) in [7, 11) is 0. The van der Waals surface area contributed by atoms with E-state index in [9.17, 15) is 19.7 Å². The molecule has 8 nitrogen and oxygen atoms in total. The van der Waals surface area contributed by atoms with Crippen LogP contribution in [0.5, 0.6) is 11.5 Å². The highest BCUT2D eigenvalue weighted by molar-refractivity contribution is 6.14. The van der Waals surface area contributed by atoms with Gasteiger partial charge in [-0.2, -0.15) is 0 Å². The van der Waals surface area contributed by atoms with Gasteiger partial charge in [-0.3, -0.25) is 14.9 Å². The molecule has 0 aliphatic carbocycles. The number of nitro benzene ring substituents is 1. The monoisotopic (exact) mass is 383 g/mol. The van der Waals surface area contributed by atoms with Crippen LogP contribution in [0.25, 0.3) is 6.08 Å². The zero-order chi connectivity index (χ0) is 20.3. The van der Waals surface area contributed by atoms with E-state index in [1.54, 1.807) is 26.0 Å². The summed E-state index contributed by atoms with van der Waals surface area (Å²) in [5.41, 5.74) is 0.917. The zero-order valence-corrected chi connectivity index (χ0v) is 15.2. The van der Waals surface area contributed by atoms with Crippen molar-refractivity contribution in [3.63, 3.8) is 0 Å². The molecule has 1 aliphatic heterocycles. The first kappa shape index (κ1) is 19.1. The van der Waals surface area contributed by atoms with E-state index in [0.29, 0.717) is 22.6 Å². The third-order valence-electron chi connectivity index (χ3n) is 3.97. The average molecular weight is 383 g/mol. The van der Waals surface area contributed by atoms with Gasteiger partial charge in [0, 0.05) is 18.2 Å². The standard InChI is InChI=1S/C20H17NO7/c1-3-26-20(23)12(2)27-15-8-9-16-17(11-15)28-18(19(16)22)10-13-4-6-14(7-5-13)21(24)25/h4-12H,3H2,1-2H3. The Bertz CT molecular complexity index is 963. The normalized spacial score (nSPS) is 14.9. The number of nitro groups is 1. The van der Waals surface area contributed by atoms with Gasteiger partial charge in [0.1, 0.15) is 11.5 Å². The fraction of sp³-hybridized carbons (Fsp3) is 0.200. The Kier molecular flexibility index (Phi) is 5.39. The summed E-state index contributed by atoms with van der Waals surface area (Å²) in [5.74, 6) is -0.0213. The van der Waals surface area contributed by atoms with Crippen LogP contribution in [0.4, 0.5) is 5.69 Å². The molecule has 8 heteroatoms. The number of ketones is 1.